The number of pyridine rings is 2. The molecule has 3 aromatic heterocycles. The Bertz CT molecular complexity index is 1260. The summed E-state index contributed by atoms with van der Waals surface area (Å²) >= 11 is 6.33. The van der Waals surface area contributed by atoms with Gasteiger partial charge < -0.3 is 14.5 Å². The van der Waals surface area contributed by atoms with Crippen molar-refractivity contribution in [2.24, 2.45) is 0 Å². The third-order valence-corrected chi connectivity index (χ3v) is 4.90. The van der Waals surface area contributed by atoms with Crippen molar-refractivity contribution in [3.63, 3.8) is 0 Å². The van der Waals surface area contributed by atoms with Crippen LogP contribution in [0.4, 0.5) is 17.6 Å². The molecule has 11 heteroatoms. The van der Waals surface area contributed by atoms with E-state index >= 15 is 0 Å². The first-order chi connectivity index (χ1) is 15.7. The fraction of sp³-hybridized carbons (Fsp3) is 0.136. The number of aromatic amines is 1. The van der Waals surface area contributed by atoms with Gasteiger partial charge in [0.1, 0.15) is 34.8 Å². The van der Waals surface area contributed by atoms with E-state index in [0.717, 1.165) is 12.3 Å². The molecule has 1 aromatic carbocycles. The molecule has 0 amide bonds. The second kappa shape index (κ2) is 9.07. The first-order valence-electron chi connectivity index (χ1n) is 9.45. The number of halogens is 5. The van der Waals surface area contributed by atoms with Crippen molar-refractivity contribution >= 4 is 11.6 Å². The molecule has 33 heavy (non-hydrogen) atoms. The Kier molecular flexibility index (Phi) is 6.19. The predicted molar refractivity (Wildman–Crippen MR) is 112 cm³/mol. The molecule has 0 unspecified atom stereocenters. The second-order valence-electron chi connectivity index (χ2n) is 6.80. The van der Waals surface area contributed by atoms with E-state index < -0.39 is 17.7 Å². The van der Waals surface area contributed by atoms with Crippen LogP contribution >= 0.6 is 11.6 Å². The molecule has 3 heterocycles. The molecule has 0 fully saturated rings. The summed E-state index contributed by atoms with van der Waals surface area (Å²) in [6.07, 6.45) is -2.36. The number of ether oxygens (including phenoxy) is 2. The zero-order valence-corrected chi connectivity index (χ0v) is 17.7. The zero-order chi connectivity index (χ0) is 23.6. The smallest absolute Gasteiger partial charge is 0.417 e. The van der Waals surface area contributed by atoms with Gasteiger partial charge in [0.05, 0.1) is 18.4 Å². The van der Waals surface area contributed by atoms with Gasteiger partial charge in [-0.25, -0.2) is 9.97 Å². The molecule has 4 aromatic rings. The summed E-state index contributed by atoms with van der Waals surface area (Å²) in [7, 11) is 1.46. The monoisotopic (exact) mass is 478 g/mol. The predicted octanol–water partition coefficient (Wildman–Crippen LogP) is 5.93. The van der Waals surface area contributed by atoms with Gasteiger partial charge in [0.25, 0.3) is 0 Å². The summed E-state index contributed by atoms with van der Waals surface area (Å²) in [5.41, 5.74) is 1.03. The molecule has 0 aliphatic heterocycles. The quantitative estimate of drug-likeness (QED) is 0.274. The Morgan fingerprint density at radius 2 is 1.85 bits per heavy atom. The minimum absolute atomic E-state index is 0.0362. The highest BCUT2D eigenvalue weighted by Crippen LogP contribution is 2.37. The van der Waals surface area contributed by atoms with Crippen LogP contribution in [0, 0.1) is 5.95 Å². The van der Waals surface area contributed by atoms with Gasteiger partial charge in [0.2, 0.25) is 5.95 Å². The summed E-state index contributed by atoms with van der Waals surface area (Å²) in [6.45, 7) is -0.0362. The summed E-state index contributed by atoms with van der Waals surface area (Å²) in [4.78, 5) is 14.8. The fourth-order valence-corrected chi connectivity index (χ4v) is 3.21. The lowest BCUT2D eigenvalue weighted by Gasteiger charge is -2.11. The van der Waals surface area contributed by atoms with E-state index in [2.05, 4.69) is 19.9 Å². The van der Waals surface area contributed by atoms with Gasteiger partial charge in [-0.2, -0.15) is 17.6 Å². The van der Waals surface area contributed by atoms with Crippen LogP contribution in [0.2, 0.25) is 5.15 Å². The maximum Gasteiger partial charge on any atom is 0.417 e. The molecule has 1 N–H and O–H groups in total. The van der Waals surface area contributed by atoms with Crippen LogP contribution in [0.5, 0.6) is 11.5 Å². The van der Waals surface area contributed by atoms with Gasteiger partial charge in [-0.15, -0.1) is 0 Å². The van der Waals surface area contributed by atoms with E-state index in [1.165, 1.54) is 31.5 Å². The highest BCUT2D eigenvalue weighted by atomic mass is 35.5. The molecule has 170 valence electrons. The topological polar surface area (TPSA) is 72.9 Å². The number of benzene rings is 1. The molecule has 0 radical (unpaired) electrons. The number of nitrogens with zero attached hydrogens (tertiary/aromatic N) is 3. The van der Waals surface area contributed by atoms with Crippen LogP contribution in [0.3, 0.4) is 0 Å². The van der Waals surface area contributed by atoms with Crippen molar-refractivity contribution in [2.75, 3.05) is 7.11 Å². The lowest BCUT2D eigenvalue weighted by Crippen LogP contribution is -2.06. The summed E-state index contributed by atoms with van der Waals surface area (Å²) in [6, 6.07) is 9.86. The van der Waals surface area contributed by atoms with E-state index in [4.69, 9.17) is 21.1 Å². The van der Waals surface area contributed by atoms with Crippen molar-refractivity contribution in [2.45, 2.75) is 12.8 Å². The van der Waals surface area contributed by atoms with Crippen molar-refractivity contribution in [3.8, 4) is 34.1 Å². The molecule has 0 saturated heterocycles. The van der Waals surface area contributed by atoms with Crippen LogP contribution in [0.25, 0.3) is 22.6 Å². The third-order valence-electron chi connectivity index (χ3n) is 4.63. The number of H-pyrrole nitrogens is 1. The van der Waals surface area contributed by atoms with Crippen LogP contribution < -0.4 is 9.47 Å². The van der Waals surface area contributed by atoms with Crippen molar-refractivity contribution < 1.29 is 27.0 Å². The summed E-state index contributed by atoms with van der Waals surface area (Å²) < 4.78 is 62.1. The Hall–Kier alpha value is -3.66. The molecular formula is C22H15ClF4N4O2. The van der Waals surface area contributed by atoms with Crippen LogP contribution in [-0.2, 0) is 12.8 Å². The van der Waals surface area contributed by atoms with E-state index in [-0.39, 0.29) is 11.8 Å². The Labute approximate surface area is 190 Å². The van der Waals surface area contributed by atoms with Gasteiger partial charge in [-0.3, -0.25) is 4.98 Å². The Morgan fingerprint density at radius 3 is 2.48 bits per heavy atom. The minimum atomic E-state index is -4.45. The molecule has 6 nitrogen and oxygen atoms in total. The van der Waals surface area contributed by atoms with Crippen molar-refractivity contribution in [1.82, 2.24) is 19.9 Å². The molecule has 0 spiro atoms. The van der Waals surface area contributed by atoms with Gasteiger partial charge >= 0.3 is 6.18 Å². The number of methoxy groups -OCH3 is 1. The molecule has 0 atom stereocenters. The number of aromatic nitrogens is 4. The van der Waals surface area contributed by atoms with Crippen LogP contribution in [-0.4, -0.2) is 27.0 Å². The zero-order valence-electron chi connectivity index (χ0n) is 17.0. The molecule has 4 rings (SSSR count). The van der Waals surface area contributed by atoms with E-state index in [1.54, 1.807) is 18.2 Å². The lowest BCUT2D eigenvalue weighted by atomic mass is 10.1. The van der Waals surface area contributed by atoms with Crippen molar-refractivity contribution in [1.29, 1.82) is 0 Å². The molecule has 0 saturated carbocycles. The first-order valence-corrected chi connectivity index (χ1v) is 9.83. The Balaban J connectivity index is 1.53. The van der Waals surface area contributed by atoms with E-state index in [0.29, 0.717) is 39.8 Å². The number of hydrogen-bond donors (Lipinski definition) is 1. The standard InChI is InChI=1S/C22H15ClF4N4O2/c1-32-17-8-15(33-11-14-4-3-13(10-28-14)22(25,26)27)5-6-16(17)19-20(23)31-21(30-19)12-2-7-18(24)29-9-12/h2-10H,11H2,1H3,(H,30,31). The van der Waals surface area contributed by atoms with E-state index in [9.17, 15) is 17.6 Å². The molecular weight excluding hydrogens is 464 g/mol. The number of nitrogens with one attached hydrogen (secondary N) is 1. The van der Waals surface area contributed by atoms with E-state index in [1.807, 2.05) is 0 Å². The molecule has 0 aliphatic rings. The average molecular weight is 479 g/mol. The minimum Gasteiger partial charge on any atom is -0.496 e. The van der Waals surface area contributed by atoms with Gasteiger partial charge in [-0.05, 0) is 36.4 Å². The second-order valence-corrected chi connectivity index (χ2v) is 7.18. The maximum absolute atomic E-state index is 13.1. The van der Waals surface area contributed by atoms with Crippen LogP contribution in [0.1, 0.15) is 11.3 Å². The normalized spacial score (nSPS) is 11.5. The third kappa shape index (κ3) is 5.06. The van der Waals surface area contributed by atoms with Gasteiger partial charge in [0, 0.05) is 29.6 Å². The number of alkyl halides is 3. The Morgan fingerprint density at radius 1 is 1.03 bits per heavy atom. The summed E-state index contributed by atoms with van der Waals surface area (Å²) in [5, 5.41) is 0.246. The number of rotatable bonds is 6. The highest BCUT2D eigenvalue weighted by Gasteiger charge is 2.30. The average Bonchev–Trinajstić information content (AvgIpc) is 3.19. The first kappa shape index (κ1) is 22.5. The molecule has 0 bridgehead atoms. The fourth-order valence-electron chi connectivity index (χ4n) is 2.97. The lowest BCUT2D eigenvalue weighted by molar-refractivity contribution is -0.137. The number of hydrogen-bond acceptors (Lipinski definition) is 5. The highest BCUT2D eigenvalue weighted by molar-refractivity contribution is 6.32. The molecule has 0 aliphatic carbocycles. The van der Waals surface area contributed by atoms with Crippen LogP contribution in [0.15, 0.2) is 54.9 Å². The number of imidazole rings is 1. The van der Waals surface area contributed by atoms with Crippen molar-refractivity contribution in [3.05, 3.63) is 77.2 Å². The van der Waals surface area contributed by atoms with Gasteiger partial charge in [0.15, 0.2) is 0 Å². The van der Waals surface area contributed by atoms with Gasteiger partial charge in [-0.1, -0.05) is 11.6 Å². The SMILES string of the molecule is COc1cc(OCc2ccc(C(F)(F)F)cn2)ccc1-c1nc(-c2ccc(F)nc2)[nH]c1Cl. The maximum atomic E-state index is 13.1. The largest absolute Gasteiger partial charge is 0.496 e. The summed E-state index contributed by atoms with van der Waals surface area (Å²) in [5.74, 6) is 0.607.